The van der Waals surface area contributed by atoms with E-state index in [1.807, 2.05) is 0 Å². The van der Waals surface area contributed by atoms with Crippen molar-refractivity contribution < 1.29 is 17.3 Å². The zero-order chi connectivity index (χ0) is 13.3. The lowest BCUT2D eigenvalue weighted by Crippen LogP contribution is -2.14. The lowest BCUT2D eigenvalue weighted by atomic mass is 10.3. The molecular weight excluding hydrogens is 329 g/mol. The summed E-state index contributed by atoms with van der Waals surface area (Å²) in [5.74, 6) is -0.688. The van der Waals surface area contributed by atoms with Crippen LogP contribution in [0.4, 0.5) is 15.9 Å². The highest BCUT2D eigenvalue weighted by Gasteiger charge is 2.20. The molecule has 1 heterocycles. The highest BCUT2D eigenvalue weighted by Crippen LogP contribution is 2.27. The number of rotatable bonds is 3. The first kappa shape index (κ1) is 12.8. The molecule has 1 aromatic heterocycles. The van der Waals surface area contributed by atoms with Crippen LogP contribution in [0.25, 0.3) is 0 Å². The quantitative estimate of drug-likeness (QED) is 0.835. The van der Waals surface area contributed by atoms with Crippen LogP contribution in [-0.2, 0) is 10.0 Å². The van der Waals surface area contributed by atoms with Gasteiger partial charge in [0.15, 0.2) is 5.82 Å². The Morgan fingerprint density at radius 1 is 1.44 bits per heavy atom. The molecule has 6 nitrogen and oxygen atoms in total. The van der Waals surface area contributed by atoms with Crippen molar-refractivity contribution in [3.05, 3.63) is 34.8 Å². The Morgan fingerprint density at radius 3 is 2.78 bits per heavy atom. The average molecular weight is 336 g/mol. The number of aromatic nitrogens is 1. The fourth-order valence-electron chi connectivity index (χ4n) is 1.21. The lowest BCUT2D eigenvalue weighted by molar-refractivity contribution is 0.423. The van der Waals surface area contributed by atoms with Crippen LogP contribution >= 0.6 is 15.9 Å². The SMILES string of the molecule is Nc1cc(S(=O)(=O)Nc2ccon2)c(Br)cc1F. The first-order chi connectivity index (χ1) is 8.40. The van der Waals surface area contributed by atoms with E-state index in [0.29, 0.717) is 0 Å². The van der Waals surface area contributed by atoms with Gasteiger partial charge in [-0.2, -0.15) is 0 Å². The van der Waals surface area contributed by atoms with Gasteiger partial charge in [0.2, 0.25) is 0 Å². The van der Waals surface area contributed by atoms with Gasteiger partial charge in [0.05, 0.1) is 5.69 Å². The van der Waals surface area contributed by atoms with E-state index in [1.54, 1.807) is 0 Å². The third-order valence-corrected chi connectivity index (χ3v) is 4.33. The summed E-state index contributed by atoms with van der Waals surface area (Å²) in [6.45, 7) is 0. The molecular formula is C9H7BrFN3O3S. The first-order valence-corrected chi connectivity index (χ1v) is 6.85. The van der Waals surface area contributed by atoms with Crippen LogP contribution in [-0.4, -0.2) is 13.6 Å². The summed E-state index contributed by atoms with van der Waals surface area (Å²) in [5, 5.41) is 3.41. The van der Waals surface area contributed by atoms with E-state index < -0.39 is 15.8 Å². The Morgan fingerprint density at radius 2 is 2.17 bits per heavy atom. The highest BCUT2D eigenvalue weighted by molar-refractivity contribution is 9.10. The van der Waals surface area contributed by atoms with Crippen LogP contribution < -0.4 is 10.5 Å². The molecule has 9 heteroatoms. The predicted octanol–water partition coefficient (Wildman–Crippen LogP) is 1.96. The van der Waals surface area contributed by atoms with Crippen LogP contribution in [0.5, 0.6) is 0 Å². The Bertz CT molecular complexity index is 673. The maximum atomic E-state index is 13.1. The van der Waals surface area contributed by atoms with Crippen LogP contribution in [0.3, 0.4) is 0 Å². The maximum absolute atomic E-state index is 13.1. The van der Waals surface area contributed by atoms with Crippen molar-refractivity contribution in [2.75, 3.05) is 10.5 Å². The summed E-state index contributed by atoms with van der Waals surface area (Å²) in [5.41, 5.74) is 5.07. The second-order valence-electron chi connectivity index (χ2n) is 3.29. The Kier molecular flexibility index (Phi) is 3.26. The zero-order valence-electron chi connectivity index (χ0n) is 8.72. The van der Waals surface area contributed by atoms with Crippen molar-refractivity contribution in [1.29, 1.82) is 0 Å². The number of nitrogen functional groups attached to an aromatic ring is 1. The molecule has 0 saturated carbocycles. The zero-order valence-corrected chi connectivity index (χ0v) is 11.1. The predicted molar refractivity (Wildman–Crippen MR) is 65.8 cm³/mol. The summed E-state index contributed by atoms with van der Waals surface area (Å²) in [6.07, 6.45) is 1.21. The number of hydrogen-bond donors (Lipinski definition) is 2. The monoisotopic (exact) mass is 335 g/mol. The van der Waals surface area contributed by atoms with Gasteiger partial charge < -0.3 is 10.3 Å². The van der Waals surface area contributed by atoms with Crippen LogP contribution in [0.2, 0.25) is 0 Å². The number of nitrogens with two attached hydrogens (primary N) is 1. The van der Waals surface area contributed by atoms with E-state index in [9.17, 15) is 12.8 Å². The van der Waals surface area contributed by atoms with Crippen molar-refractivity contribution in [3.63, 3.8) is 0 Å². The van der Waals surface area contributed by atoms with E-state index >= 15 is 0 Å². The minimum atomic E-state index is -3.92. The van der Waals surface area contributed by atoms with Crippen LogP contribution in [0.1, 0.15) is 0 Å². The summed E-state index contributed by atoms with van der Waals surface area (Å²) < 4.78 is 43.8. The molecule has 0 unspecified atom stereocenters. The molecule has 1 aromatic carbocycles. The van der Waals surface area contributed by atoms with Gasteiger partial charge >= 0.3 is 0 Å². The third-order valence-electron chi connectivity index (χ3n) is 2.02. The van der Waals surface area contributed by atoms with Crippen molar-refractivity contribution in [3.8, 4) is 0 Å². The molecule has 0 aliphatic heterocycles. The first-order valence-electron chi connectivity index (χ1n) is 4.58. The maximum Gasteiger partial charge on any atom is 0.264 e. The minimum Gasteiger partial charge on any atom is -0.396 e. The molecule has 0 bridgehead atoms. The molecule has 0 atom stereocenters. The second kappa shape index (κ2) is 4.58. The number of anilines is 2. The van der Waals surface area contributed by atoms with Crippen LogP contribution in [0, 0.1) is 5.82 Å². The van der Waals surface area contributed by atoms with Gasteiger partial charge in [0.25, 0.3) is 10.0 Å². The summed E-state index contributed by atoms with van der Waals surface area (Å²) in [6, 6.07) is 3.33. The highest BCUT2D eigenvalue weighted by atomic mass is 79.9. The van der Waals surface area contributed by atoms with E-state index in [1.165, 1.54) is 12.3 Å². The molecule has 2 rings (SSSR count). The van der Waals surface area contributed by atoms with Crippen molar-refractivity contribution in [1.82, 2.24) is 5.16 Å². The Labute approximate surface area is 110 Å². The van der Waals surface area contributed by atoms with Gasteiger partial charge in [0.1, 0.15) is 17.0 Å². The van der Waals surface area contributed by atoms with Crippen molar-refractivity contribution in [2.45, 2.75) is 4.90 Å². The van der Waals surface area contributed by atoms with E-state index in [2.05, 4.69) is 30.3 Å². The lowest BCUT2D eigenvalue weighted by Gasteiger charge is -2.08. The number of hydrogen-bond acceptors (Lipinski definition) is 5. The number of halogens is 2. The van der Waals surface area contributed by atoms with E-state index in [4.69, 9.17) is 5.73 Å². The topological polar surface area (TPSA) is 98.2 Å². The summed E-state index contributed by atoms with van der Waals surface area (Å²) in [4.78, 5) is -0.190. The van der Waals surface area contributed by atoms with Crippen LogP contribution in [0.15, 0.2) is 38.4 Å². The number of nitrogens with zero attached hydrogens (tertiary/aromatic N) is 1. The summed E-state index contributed by atoms with van der Waals surface area (Å²) >= 11 is 2.96. The molecule has 0 saturated heterocycles. The molecule has 0 aliphatic carbocycles. The standard InChI is InChI=1S/C9H7BrFN3O3S/c10-5-3-6(11)7(12)4-8(5)18(15,16)14-9-1-2-17-13-9/h1-4H,12H2,(H,13,14). The largest absolute Gasteiger partial charge is 0.396 e. The van der Waals surface area contributed by atoms with E-state index in [-0.39, 0.29) is 20.9 Å². The molecule has 0 radical (unpaired) electrons. The Hall–Kier alpha value is -1.61. The molecule has 0 aliphatic rings. The van der Waals surface area contributed by atoms with Crippen molar-refractivity contribution in [2.24, 2.45) is 0 Å². The average Bonchev–Trinajstić information content (AvgIpc) is 2.75. The fraction of sp³-hybridized carbons (Fsp3) is 0. The molecule has 18 heavy (non-hydrogen) atoms. The molecule has 96 valence electrons. The molecule has 0 fully saturated rings. The molecule has 3 N–H and O–H groups in total. The van der Waals surface area contributed by atoms with Gasteiger partial charge in [-0.3, -0.25) is 4.72 Å². The van der Waals surface area contributed by atoms with Crippen molar-refractivity contribution >= 4 is 37.5 Å². The van der Waals surface area contributed by atoms with Gasteiger partial charge in [-0.15, -0.1) is 0 Å². The normalized spacial score (nSPS) is 11.4. The summed E-state index contributed by atoms with van der Waals surface area (Å²) in [7, 11) is -3.92. The second-order valence-corrected chi connectivity index (χ2v) is 5.80. The molecule has 2 aromatic rings. The minimum absolute atomic E-state index is 0.0183. The van der Waals surface area contributed by atoms with Gasteiger partial charge in [-0.25, -0.2) is 12.8 Å². The van der Waals surface area contributed by atoms with Gasteiger partial charge in [-0.1, -0.05) is 5.16 Å². The fourth-order valence-corrected chi connectivity index (χ4v) is 3.25. The van der Waals surface area contributed by atoms with Gasteiger partial charge in [-0.05, 0) is 28.1 Å². The smallest absolute Gasteiger partial charge is 0.264 e. The number of sulfonamides is 1. The van der Waals surface area contributed by atoms with E-state index in [0.717, 1.165) is 12.1 Å². The molecule has 0 amide bonds. The molecule has 0 spiro atoms. The number of benzene rings is 1. The third kappa shape index (κ3) is 2.46. The Balaban J connectivity index is 2.44. The number of nitrogens with one attached hydrogen (secondary N) is 1. The van der Waals surface area contributed by atoms with Gasteiger partial charge in [0, 0.05) is 10.5 Å².